The summed E-state index contributed by atoms with van der Waals surface area (Å²) in [6.45, 7) is 0. The fraction of sp³-hybridized carbons (Fsp3) is 0.400. The van der Waals surface area contributed by atoms with Crippen molar-refractivity contribution < 1.29 is 4.79 Å². The second-order valence-corrected chi connectivity index (χ2v) is 6.26. The van der Waals surface area contributed by atoms with E-state index in [0.717, 1.165) is 19.3 Å². The van der Waals surface area contributed by atoms with Gasteiger partial charge in [-0.2, -0.15) is 0 Å². The summed E-state index contributed by atoms with van der Waals surface area (Å²) in [5, 5.41) is 1.20. The first-order valence-corrected chi connectivity index (χ1v) is 7.70. The van der Waals surface area contributed by atoms with Crippen LogP contribution in [0.4, 0.5) is 0 Å². The monoisotopic (exact) mass is 288 g/mol. The van der Waals surface area contributed by atoms with E-state index < -0.39 is 0 Å². The summed E-state index contributed by atoms with van der Waals surface area (Å²) < 4.78 is 1.55. The first-order chi connectivity index (χ1) is 9.66. The summed E-state index contributed by atoms with van der Waals surface area (Å²) in [5.74, 6) is 0.281. The van der Waals surface area contributed by atoms with Crippen LogP contribution in [-0.2, 0) is 11.8 Å². The van der Waals surface area contributed by atoms with Crippen LogP contribution in [0.1, 0.15) is 25.7 Å². The van der Waals surface area contributed by atoms with Gasteiger partial charge in [-0.1, -0.05) is 30.3 Å². The number of thioether (sulfide) groups is 1. The summed E-state index contributed by atoms with van der Waals surface area (Å²) in [6, 6.07) is 7.33. The molecule has 3 rings (SSSR count). The molecule has 104 valence electrons. The number of carbonyl (C=O) groups excluding carboxylic acids is 1. The predicted octanol–water partition coefficient (Wildman–Crippen LogP) is 2.54. The molecule has 0 saturated heterocycles. The lowest BCUT2D eigenvalue weighted by Gasteiger charge is -2.20. The average molecular weight is 288 g/mol. The lowest BCUT2D eigenvalue weighted by Crippen LogP contribution is -2.25. The molecule has 0 unspecified atom stereocenters. The quantitative estimate of drug-likeness (QED) is 0.797. The zero-order valence-electron chi connectivity index (χ0n) is 11.3. The van der Waals surface area contributed by atoms with E-state index in [1.54, 1.807) is 17.7 Å². The van der Waals surface area contributed by atoms with Crippen molar-refractivity contribution in [3.05, 3.63) is 34.6 Å². The topological polar surface area (TPSA) is 52.0 Å². The Labute approximate surface area is 121 Å². The first kappa shape index (κ1) is 13.4. The van der Waals surface area contributed by atoms with E-state index >= 15 is 0 Å². The number of ketones is 1. The number of benzene rings is 1. The van der Waals surface area contributed by atoms with Gasteiger partial charge in [0.25, 0.3) is 5.56 Å². The van der Waals surface area contributed by atoms with E-state index in [0.29, 0.717) is 22.5 Å². The van der Waals surface area contributed by atoms with Gasteiger partial charge in [0.15, 0.2) is 5.16 Å². The van der Waals surface area contributed by atoms with Gasteiger partial charge in [0.1, 0.15) is 5.78 Å². The molecule has 20 heavy (non-hydrogen) atoms. The Kier molecular flexibility index (Phi) is 3.61. The standard InChI is InChI=1S/C15H16N2O2S/c1-17-14(19)10-6-2-3-7-11(10)16-15(17)20-13-9-5-4-8-12(13)18/h2-3,6-7,13H,4-5,8-9H2,1H3/t13-/m0/s1. The lowest BCUT2D eigenvalue weighted by molar-refractivity contribution is -0.119. The normalized spacial score (nSPS) is 19.4. The van der Waals surface area contributed by atoms with Crippen LogP contribution < -0.4 is 5.56 Å². The van der Waals surface area contributed by atoms with Crippen molar-refractivity contribution in [2.75, 3.05) is 0 Å². The largest absolute Gasteiger partial charge is 0.298 e. The molecule has 5 heteroatoms. The predicted molar refractivity (Wildman–Crippen MR) is 80.1 cm³/mol. The summed E-state index contributed by atoms with van der Waals surface area (Å²) in [7, 11) is 1.72. The summed E-state index contributed by atoms with van der Waals surface area (Å²) in [6.07, 6.45) is 3.59. The van der Waals surface area contributed by atoms with E-state index in [9.17, 15) is 9.59 Å². The third-order valence-electron chi connectivity index (χ3n) is 3.69. The van der Waals surface area contributed by atoms with Crippen LogP contribution in [0.2, 0.25) is 0 Å². The highest BCUT2D eigenvalue weighted by Gasteiger charge is 2.25. The Morgan fingerprint density at radius 3 is 2.85 bits per heavy atom. The van der Waals surface area contributed by atoms with Crippen LogP contribution in [0, 0.1) is 0 Å². The summed E-state index contributed by atoms with van der Waals surface area (Å²) >= 11 is 1.43. The molecule has 1 atom stereocenters. The second kappa shape index (κ2) is 5.40. The molecule has 0 amide bonds. The lowest BCUT2D eigenvalue weighted by atomic mass is 9.99. The number of nitrogens with zero attached hydrogens (tertiary/aromatic N) is 2. The smallest absolute Gasteiger partial charge is 0.261 e. The van der Waals surface area contributed by atoms with Crippen molar-refractivity contribution in [3.63, 3.8) is 0 Å². The van der Waals surface area contributed by atoms with Crippen LogP contribution in [-0.4, -0.2) is 20.6 Å². The molecule has 0 spiro atoms. The Bertz CT molecular complexity index is 723. The molecular formula is C15H16N2O2S. The van der Waals surface area contributed by atoms with Gasteiger partial charge in [-0.25, -0.2) is 4.98 Å². The number of hydrogen-bond acceptors (Lipinski definition) is 4. The maximum absolute atomic E-state index is 12.3. The van der Waals surface area contributed by atoms with Crippen LogP contribution >= 0.6 is 11.8 Å². The highest BCUT2D eigenvalue weighted by molar-refractivity contribution is 8.00. The molecular weight excluding hydrogens is 272 g/mol. The second-order valence-electron chi connectivity index (χ2n) is 5.09. The average Bonchev–Trinajstić information content (AvgIpc) is 2.47. The van der Waals surface area contributed by atoms with Crippen LogP contribution in [0.5, 0.6) is 0 Å². The molecule has 0 radical (unpaired) electrons. The van der Waals surface area contributed by atoms with E-state index in [1.165, 1.54) is 11.8 Å². The van der Waals surface area contributed by atoms with Crippen molar-refractivity contribution in [2.45, 2.75) is 36.1 Å². The SMILES string of the molecule is Cn1c(S[C@H]2CCCCC2=O)nc2ccccc2c1=O. The number of aromatic nitrogens is 2. The third kappa shape index (κ3) is 2.38. The van der Waals surface area contributed by atoms with Crippen LogP contribution in [0.25, 0.3) is 10.9 Å². The molecule has 0 N–H and O–H groups in total. The maximum Gasteiger partial charge on any atom is 0.261 e. The number of fused-ring (bicyclic) bond motifs is 1. The third-order valence-corrected chi connectivity index (χ3v) is 5.05. The van der Waals surface area contributed by atoms with Crippen molar-refractivity contribution in [2.24, 2.45) is 7.05 Å². The van der Waals surface area contributed by atoms with E-state index in [1.807, 2.05) is 18.2 Å². The zero-order chi connectivity index (χ0) is 14.1. The molecule has 1 heterocycles. The van der Waals surface area contributed by atoms with Gasteiger partial charge >= 0.3 is 0 Å². The van der Waals surface area contributed by atoms with Crippen molar-refractivity contribution in [1.82, 2.24) is 9.55 Å². The fourth-order valence-corrected chi connectivity index (χ4v) is 3.69. The Hall–Kier alpha value is -1.62. The van der Waals surface area contributed by atoms with Gasteiger partial charge < -0.3 is 0 Å². The molecule has 1 aliphatic carbocycles. The van der Waals surface area contributed by atoms with Gasteiger partial charge in [0.05, 0.1) is 16.2 Å². The highest BCUT2D eigenvalue weighted by atomic mass is 32.2. The Morgan fingerprint density at radius 1 is 1.25 bits per heavy atom. The first-order valence-electron chi connectivity index (χ1n) is 6.82. The van der Waals surface area contributed by atoms with E-state index in [4.69, 9.17) is 0 Å². The zero-order valence-corrected chi connectivity index (χ0v) is 12.2. The maximum atomic E-state index is 12.3. The number of para-hydroxylation sites is 1. The minimum absolute atomic E-state index is 0.0528. The number of rotatable bonds is 2. The van der Waals surface area contributed by atoms with Gasteiger partial charge in [0, 0.05) is 13.5 Å². The Morgan fingerprint density at radius 2 is 2.05 bits per heavy atom. The summed E-state index contributed by atoms with van der Waals surface area (Å²) in [5.41, 5.74) is 0.641. The minimum Gasteiger partial charge on any atom is -0.298 e. The molecule has 4 nitrogen and oxygen atoms in total. The van der Waals surface area contributed by atoms with Crippen LogP contribution in [0.15, 0.2) is 34.2 Å². The van der Waals surface area contributed by atoms with Gasteiger partial charge in [0.2, 0.25) is 0 Å². The van der Waals surface area contributed by atoms with Gasteiger partial charge in [-0.15, -0.1) is 0 Å². The van der Waals surface area contributed by atoms with Crippen molar-refractivity contribution in [3.8, 4) is 0 Å². The van der Waals surface area contributed by atoms with Crippen molar-refractivity contribution >= 4 is 28.4 Å². The number of Topliss-reactive ketones (excluding diaryl/α,β-unsaturated/α-hetero) is 1. The number of carbonyl (C=O) groups is 1. The molecule has 2 aromatic rings. The molecule has 1 aliphatic rings. The van der Waals surface area contributed by atoms with Crippen molar-refractivity contribution in [1.29, 1.82) is 0 Å². The Balaban J connectivity index is 2.01. The van der Waals surface area contributed by atoms with Gasteiger partial charge in [-0.3, -0.25) is 14.2 Å². The molecule has 0 bridgehead atoms. The molecule has 0 aliphatic heterocycles. The summed E-state index contributed by atoms with van der Waals surface area (Å²) in [4.78, 5) is 28.8. The fourth-order valence-electron chi connectivity index (χ4n) is 2.51. The molecule has 1 fully saturated rings. The minimum atomic E-state index is -0.0543. The molecule has 1 aromatic carbocycles. The van der Waals surface area contributed by atoms with Gasteiger partial charge in [-0.05, 0) is 25.0 Å². The van der Waals surface area contributed by atoms with Crippen LogP contribution in [0.3, 0.4) is 0 Å². The number of hydrogen-bond donors (Lipinski definition) is 0. The molecule has 1 saturated carbocycles. The van der Waals surface area contributed by atoms with E-state index in [-0.39, 0.29) is 16.6 Å². The molecule has 1 aromatic heterocycles. The highest BCUT2D eigenvalue weighted by Crippen LogP contribution is 2.30. The van der Waals surface area contributed by atoms with E-state index in [2.05, 4.69) is 4.98 Å².